The minimum atomic E-state index is -0.496. The fourth-order valence-corrected chi connectivity index (χ4v) is 1.91. The summed E-state index contributed by atoms with van der Waals surface area (Å²) >= 11 is 5.68. The molecule has 1 amide bonds. The molecule has 2 rings (SSSR count). The predicted molar refractivity (Wildman–Crippen MR) is 64.1 cm³/mol. The van der Waals surface area contributed by atoms with Crippen molar-refractivity contribution in [2.24, 2.45) is 0 Å². The molecule has 0 atom stereocenters. The van der Waals surface area contributed by atoms with Gasteiger partial charge in [0.15, 0.2) is 0 Å². The molecule has 1 aromatic rings. The van der Waals surface area contributed by atoms with E-state index in [-0.39, 0.29) is 17.5 Å². The number of carbonyl (C=O) groups excluding carboxylic acids is 1. The zero-order chi connectivity index (χ0) is 12.4. The van der Waals surface area contributed by atoms with Crippen molar-refractivity contribution in [2.75, 3.05) is 37.0 Å². The second kappa shape index (κ2) is 4.89. The number of anilines is 2. The van der Waals surface area contributed by atoms with Crippen LogP contribution in [-0.4, -0.2) is 32.7 Å². The van der Waals surface area contributed by atoms with Gasteiger partial charge in [-0.3, -0.25) is 4.79 Å². The maximum Gasteiger partial charge on any atom is 0.243 e. The molecule has 17 heavy (non-hydrogen) atoms. The van der Waals surface area contributed by atoms with Crippen LogP contribution in [0.25, 0.3) is 0 Å². The third-order valence-corrected chi connectivity index (χ3v) is 2.84. The summed E-state index contributed by atoms with van der Waals surface area (Å²) in [5.41, 5.74) is 1.16. The highest BCUT2D eigenvalue weighted by Gasteiger charge is 2.23. The highest BCUT2D eigenvalue weighted by Crippen LogP contribution is 2.33. The Kier molecular flexibility index (Phi) is 3.49. The van der Waals surface area contributed by atoms with E-state index in [0.717, 1.165) is 0 Å². The van der Waals surface area contributed by atoms with E-state index in [0.29, 0.717) is 24.5 Å². The number of hydrogen-bond donors (Lipinski definition) is 1. The van der Waals surface area contributed by atoms with Crippen LogP contribution in [0.2, 0.25) is 5.02 Å². The highest BCUT2D eigenvalue weighted by molar-refractivity contribution is 6.31. The fraction of sp³-hybridized carbons (Fsp3) is 0.364. The van der Waals surface area contributed by atoms with Crippen LogP contribution in [-0.2, 0) is 9.53 Å². The summed E-state index contributed by atoms with van der Waals surface area (Å²) in [5.74, 6) is -0.639. The van der Waals surface area contributed by atoms with E-state index in [9.17, 15) is 9.18 Å². The van der Waals surface area contributed by atoms with Crippen LogP contribution in [0.5, 0.6) is 0 Å². The first-order chi connectivity index (χ1) is 8.11. The molecule has 0 unspecified atom stereocenters. The van der Waals surface area contributed by atoms with Crippen molar-refractivity contribution in [3.8, 4) is 0 Å². The molecule has 0 aromatic heterocycles. The first-order valence-electron chi connectivity index (χ1n) is 5.14. The molecule has 92 valence electrons. The second-order valence-electron chi connectivity index (χ2n) is 3.75. The number of rotatable bonds is 3. The molecule has 1 aliphatic heterocycles. The summed E-state index contributed by atoms with van der Waals surface area (Å²) in [5, 5.41) is 2.66. The number of ether oxygens (including phenoxy) is 1. The van der Waals surface area contributed by atoms with Gasteiger partial charge in [-0.05, 0) is 6.07 Å². The minimum Gasteiger partial charge on any atom is -0.383 e. The number of nitrogens with one attached hydrogen (secondary N) is 1. The Hall–Kier alpha value is -1.33. The molecule has 4 nitrogen and oxygen atoms in total. The quantitative estimate of drug-likeness (QED) is 0.900. The third kappa shape index (κ3) is 2.50. The van der Waals surface area contributed by atoms with E-state index in [1.165, 1.54) is 12.1 Å². The minimum absolute atomic E-state index is 0.00218. The molecule has 0 fully saturated rings. The van der Waals surface area contributed by atoms with Gasteiger partial charge >= 0.3 is 0 Å². The normalized spacial score (nSPS) is 14.5. The molecule has 0 saturated carbocycles. The van der Waals surface area contributed by atoms with Crippen molar-refractivity contribution in [3.05, 3.63) is 23.0 Å². The lowest BCUT2D eigenvalue weighted by molar-refractivity contribution is -0.115. The Morgan fingerprint density at radius 1 is 1.59 bits per heavy atom. The predicted octanol–water partition coefficient (Wildman–Crippen LogP) is 1.88. The Morgan fingerprint density at radius 3 is 3.06 bits per heavy atom. The summed E-state index contributed by atoms with van der Waals surface area (Å²) < 4.78 is 18.4. The van der Waals surface area contributed by atoms with Gasteiger partial charge in [0.25, 0.3) is 0 Å². The van der Waals surface area contributed by atoms with Crippen LogP contribution >= 0.6 is 11.6 Å². The van der Waals surface area contributed by atoms with Crippen molar-refractivity contribution in [1.29, 1.82) is 0 Å². The number of amides is 1. The van der Waals surface area contributed by atoms with E-state index in [1.807, 2.05) is 0 Å². The van der Waals surface area contributed by atoms with E-state index in [1.54, 1.807) is 12.0 Å². The van der Waals surface area contributed by atoms with Crippen LogP contribution in [0, 0.1) is 5.82 Å². The summed E-state index contributed by atoms with van der Waals surface area (Å²) in [4.78, 5) is 13.2. The summed E-state index contributed by atoms with van der Waals surface area (Å²) in [6.07, 6.45) is 0. The van der Waals surface area contributed by atoms with Crippen LogP contribution in [0.15, 0.2) is 12.1 Å². The van der Waals surface area contributed by atoms with Crippen molar-refractivity contribution in [3.63, 3.8) is 0 Å². The number of carbonyl (C=O) groups is 1. The van der Waals surface area contributed by atoms with E-state index in [2.05, 4.69) is 5.32 Å². The number of nitrogens with zero attached hydrogens (tertiary/aromatic N) is 1. The van der Waals surface area contributed by atoms with Gasteiger partial charge in [-0.2, -0.15) is 0 Å². The topological polar surface area (TPSA) is 41.6 Å². The molecule has 0 radical (unpaired) electrons. The van der Waals surface area contributed by atoms with Gasteiger partial charge in [0.05, 0.1) is 29.5 Å². The molecule has 1 aliphatic rings. The van der Waals surface area contributed by atoms with Gasteiger partial charge in [-0.1, -0.05) is 11.6 Å². The van der Waals surface area contributed by atoms with Gasteiger partial charge in [0.1, 0.15) is 5.82 Å². The van der Waals surface area contributed by atoms with Crippen molar-refractivity contribution >= 4 is 28.9 Å². The average molecular weight is 259 g/mol. The molecule has 0 aliphatic carbocycles. The van der Waals surface area contributed by atoms with Crippen molar-refractivity contribution in [2.45, 2.75) is 0 Å². The van der Waals surface area contributed by atoms with Gasteiger partial charge < -0.3 is 15.0 Å². The lowest BCUT2D eigenvalue weighted by Crippen LogP contribution is -2.40. The van der Waals surface area contributed by atoms with Crippen LogP contribution in [0.1, 0.15) is 0 Å². The summed E-state index contributed by atoms with van der Waals surface area (Å²) in [7, 11) is 1.58. The zero-order valence-corrected chi connectivity index (χ0v) is 10.1. The Bertz CT molecular complexity index is 453. The van der Waals surface area contributed by atoms with Crippen LogP contribution in [0.4, 0.5) is 15.8 Å². The first-order valence-corrected chi connectivity index (χ1v) is 5.52. The van der Waals surface area contributed by atoms with Gasteiger partial charge in [0.2, 0.25) is 5.91 Å². The van der Waals surface area contributed by atoms with Gasteiger partial charge in [-0.15, -0.1) is 0 Å². The monoisotopic (exact) mass is 258 g/mol. The zero-order valence-electron chi connectivity index (χ0n) is 9.30. The molecule has 0 spiro atoms. The number of methoxy groups -OCH3 is 1. The largest absolute Gasteiger partial charge is 0.383 e. The molecule has 1 N–H and O–H groups in total. The van der Waals surface area contributed by atoms with Crippen LogP contribution < -0.4 is 10.2 Å². The molecular formula is C11H12ClFN2O2. The lowest BCUT2D eigenvalue weighted by Gasteiger charge is -2.30. The standard InChI is InChI=1S/C11H12ClFN2O2/c1-17-3-2-15-6-11(16)14-9-4-7(12)8(13)5-10(9)15/h4-5H,2-3,6H2,1H3,(H,14,16). The van der Waals surface area contributed by atoms with Gasteiger partial charge in [0, 0.05) is 19.7 Å². The summed E-state index contributed by atoms with van der Waals surface area (Å²) in [6.45, 7) is 1.19. The molecular weight excluding hydrogens is 247 g/mol. The lowest BCUT2D eigenvalue weighted by atomic mass is 10.2. The molecule has 1 heterocycles. The molecule has 0 bridgehead atoms. The summed E-state index contributed by atoms with van der Waals surface area (Å²) in [6, 6.07) is 2.75. The number of fused-ring (bicyclic) bond motifs is 1. The Morgan fingerprint density at radius 2 is 2.35 bits per heavy atom. The van der Waals surface area contributed by atoms with Gasteiger partial charge in [-0.25, -0.2) is 4.39 Å². The van der Waals surface area contributed by atoms with E-state index in [4.69, 9.17) is 16.3 Å². The third-order valence-electron chi connectivity index (χ3n) is 2.55. The fourth-order valence-electron chi connectivity index (χ4n) is 1.75. The molecule has 0 saturated heterocycles. The number of hydrogen-bond acceptors (Lipinski definition) is 3. The second-order valence-corrected chi connectivity index (χ2v) is 4.15. The molecule has 1 aromatic carbocycles. The smallest absolute Gasteiger partial charge is 0.243 e. The first kappa shape index (κ1) is 12.1. The Balaban J connectivity index is 2.34. The van der Waals surface area contributed by atoms with Crippen molar-refractivity contribution in [1.82, 2.24) is 0 Å². The van der Waals surface area contributed by atoms with E-state index < -0.39 is 5.82 Å². The highest BCUT2D eigenvalue weighted by atomic mass is 35.5. The SMILES string of the molecule is COCCN1CC(=O)Nc2cc(Cl)c(F)cc21. The van der Waals surface area contributed by atoms with Crippen LogP contribution in [0.3, 0.4) is 0 Å². The average Bonchev–Trinajstić information content (AvgIpc) is 2.28. The van der Waals surface area contributed by atoms with E-state index >= 15 is 0 Å². The Labute approximate surface area is 103 Å². The maximum atomic E-state index is 13.4. The number of benzene rings is 1. The molecule has 6 heteroatoms. The van der Waals surface area contributed by atoms with Crippen molar-refractivity contribution < 1.29 is 13.9 Å². The number of halogens is 2. The maximum absolute atomic E-state index is 13.4.